The average molecular weight is 445 g/mol. The summed E-state index contributed by atoms with van der Waals surface area (Å²) in [5, 5.41) is 23.4. The normalized spacial score (nSPS) is 13.2. The van der Waals surface area contributed by atoms with E-state index in [9.17, 15) is 23.8 Å². The van der Waals surface area contributed by atoms with E-state index >= 15 is 0 Å². The molecule has 0 fully saturated rings. The van der Waals surface area contributed by atoms with Crippen LogP contribution in [-0.2, 0) is 11.3 Å². The van der Waals surface area contributed by atoms with Crippen molar-refractivity contribution in [1.29, 1.82) is 0 Å². The van der Waals surface area contributed by atoms with Crippen molar-refractivity contribution in [2.75, 3.05) is 25.6 Å². The number of anilines is 1. The van der Waals surface area contributed by atoms with Crippen LogP contribution in [0.2, 0.25) is 0 Å². The third kappa shape index (κ3) is 6.19. The molecule has 1 aromatic heterocycles. The van der Waals surface area contributed by atoms with E-state index in [1.807, 2.05) is 24.3 Å². The summed E-state index contributed by atoms with van der Waals surface area (Å²) in [7, 11) is 1.63. The largest absolute Gasteiger partial charge is 0.448 e. The second-order valence-electron chi connectivity index (χ2n) is 7.49. The number of nitrogens with zero attached hydrogens (tertiary/aromatic N) is 2. The van der Waals surface area contributed by atoms with E-state index in [1.54, 1.807) is 24.2 Å². The second kappa shape index (κ2) is 10.9. The van der Waals surface area contributed by atoms with Crippen molar-refractivity contribution in [1.82, 2.24) is 9.88 Å². The number of aromatic nitrogens is 1. The molecule has 2 atom stereocenters. The molecule has 3 aromatic rings. The van der Waals surface area contributed by atoms with Crippen molar-refractivity contribution in [3.63, 3.8) is 0 Å². The van der Waals surface area contributed by atoms with Gasteiger partial charge in [-0.15, -0.1) is 0 Å². The van der Waals surface area contributed by atoms with Gasteiger partial charge in [0.25, 0.3) is 0 Å². The van der Waals surface area contributed by atoms with Crippen molar-refractivity contribution in [3.05, 3.63) is 71.9 Å². The first-order chi connectivity index (χ1) is 15.4. The standard InChI is InChI=1S/C23H25F2N3O4/c1-28(12-17-7-4-8-20(24)22(17)25)18(10-19(30)13-29)14-32-23(31)27-21-9-15-5-2-3-6-16(15)11-26-21/h2-9,11,18-19,29-30H,10,12-14H2,1H3,(H,26,27,31)/t18-,19-/m0/s1. The molecule has 0 saturated carbocycles. The number of hydrogen-bond acceptors (Lipinski definition) is 6. The molecule has 0 radical (unpaired) electrons. The van der Waals surface area contributed by atoms with E-state index in [0.717, 1.165) is 16.8 Å². The Balaban J connectivity index is 1.63. The van der Waals surface area contributed by atoms with E-state index in [4.69, 9.17) is 4.74 Å². The number of carbonyl (C=O) groups is 1. The molecule has 2 aromatic carbocycles. The third-order valence-electron chi connectivity index (χ3n) is 5.10. The maximum atomic E-state index is 14.0. The van der Waals surface area contributed by atoms with Gasteiger partial charge in [-0.2, -0.15) is 0 Å². The number of pyridine rings is 1. The Morgan fingerprint density at radius 2 is 1.94 bits per heavy atom. The van der Waals surface area contributed by atoms with Gasteiger partial charge < -0.3 is 14.9 Å². The number of aliphatic hydroxyl groups is 2. The summed E-state index contributed by atoms with van der Waals surface area (Å²) in [6.45, 7) is -0.612. The monoisotopic (exact) mass is 445 g/mol. The van der Waals surface area contributed by atoms with Crippen molar-refractivity contribution >= 4 is 22.7 Å². The Labute approximate surface area is 184 Å². The summed E-state index contributed by atoms with van der Waals surface area (Å²) in [6.07, 6.45) is -0.117. The number of rotatable bonds is 9. The molecule has 0 bridgehead atoms. The molecular weight excluding hydrogens is 420 g/mol. The summed E-state index contributed by atoms with van der Waals surface area (Å²) < 4.78 is 32.8. The van der Waals surface area contributed by atoms with Gasteiger partial charge in [0.15, 0.2) is 11.6 Å². The summed E-state index contributed by atoms with van der Waals surface area (Å²) in [5.41, 5.74) is 0.126. The summed E-state index contributed by atoms with van der Waals surface area (Å²) >= 11 is 0. The molecule has 1 amide bonds. The number of hydrogen-bond donors (Lipinski definition) is 3. The van der Waals surface area contributed by atoms with E-state index < -0.39 is 36.5 Å². The van der Waals surface area contributed by atoms with Crippen LogP contribution in [0, 0.1) is 11.6 Å². The first kappa shape index (κ1) is 23.5. The SMILES string of the molecule is CN(Cc1cccc(F)c1F)[C@H](COC(=O)Nc1cc2ccccc2cn1)C[C@H](O)CO. The highest BCUT2D eigenvalue weighted by Gasteiger charge is 2.22. The molecule has 32 heavy (non-hydrogen) atoms. The fourth-order valence-electron chi connectivity index (χ4n) is 3.30. The fourth-order valence-corrected chi connectivity index (χ4v) is 3.30. The predicted octanol–water partition coefficient (Wildman–Crippen LogP) is 3.31. The first-order valence-corrected chi connectivity index (χ1v) is 10.1. The number of benzene rings is 2. The lowest BCUT2D eigenvalue weighted by Gasteiger charge is -2.29. The number of likely N-dealkylation sites (N-methyl/N-ethyl adjacent to an activating group) is 1. The van der Waals surface area contributed by atoms with Gasteiger partial charge in [0, 0.05) is 29.7 Å². The Bertz CT molecular complexity index is 1070. The summed E-state index contributed by atoms with van der Waals surface area (Å²) in [4.78, 5) is 18.1. The number of fused-ring (bicyclic) bond motifs is 1. The van der Waals surface area contributed by atoms with E-state index in [0.29, 0.717) is 5.82 Å². The van der Waals surface area contributed by atoms with Crippen LogP contribution in [0.3, 0.4) is 0 Å². The van der Waals surface area contributed by atoms with Crippen LogP contribution in [0.1, 0.15) is 12.0 Å². The Hall–Kier alpha value is -3.14. The number of halogens is 2. The zero-order valence-corrected chi connectivity index (χ0v) is 17.5. The van der Waals surface area contributed by atoms with Crippen LogP contribution in [-0.4, -0.2) is 58.6 Å². The highest BCUT2D eigenvalue weighted by atomic mass is 19.2. The van der Waals surface area contributed by atoms with Crippen LogP contribution in [0.5, 0.6) is 0 Å². The van der Waals surface area contributed by atoms with Gasteiger partial charge >= 0.3 is 6.09 Å². The lowest BCUT2D eigenvalue weighted by atomic mass is 10.1. The van der Waals surface area contributed by atoms with Crippen LogP contribution in [0.25, 0.3) is 10.8 Å². The maximum Gasteiger partial charge on any atom is 0.412 e. The van der Waals surface area contributed by atoms with Crippen LogP contribution >= 0.6 is 0 Å². The van der Waals surface area contributed by atoms with Crippen molar-refractivity contribution in [2.24, 2.45) is 0 Å². The molecule has 0 aliphatic heterocycles. The lowest BCUT2D eigenvalue weighted by Crippen LogP contribution is -2.40. The Morgan fingerprint density at radius 3 is 2.69 bits per heavy atom. The van der Waals surface area contributed by atoms with Crippen LogP contribution < -0.4 is 5.32 Å². The molecule has 0 aliphatic carbocycles. The molecule has 0 spiro atoms. The van der Waals surface area contributed by atoms with Gasteiger partial charge in [0.2, 0.25) is 0 Å². The minimum Gasteiger partial charge on any atom is -0.448 e. The lowest BCUT2D eigenvalue weighted by molar-refractivity contribution is 0.0379. The molecule has 0 unspecified atom stereocenters. The van der Waals surface area contributed by atoms with Crippen molar-refractivity contribution in [2.45, 2.75) is 25.1 Å². The minimum absolute atomic E-state index is 0.0175. The smallest absolute Gasteiger partial charge is 0.412 e. The number of ether oxygens (including phenoxy) is 1. The van der Waals surface area contributed by atoms with Gasteiger partial charge in [-0.05, 0) is 31.0 Å². The maximum absolute atomic E-state index is 14.0. The molecule has 3 rings (SSSR count). The van der Waals surface area contributed by atoms with Gasteiger partial charge in [-0.25, -0.2) is 18.6 Å². The van der Waals surface area contributed by atoms with E-state index in [2.05, 4.69) is 10.3 Å². The molecule has 0 aliphatic rings. The molecular formula is C23H25F2N3O4. The number of carbonyl (C=O) groups excluding carboxylic acids is 1. The highest BCUT2D eigenvalue weighted by Crippen LogP contribution is 2.18. The summed E-state index contributed by atoms with van der Waals surface area (Å²) in [5.74, 6) is -1.60. The Kier molecular flexibility index (Phi) is 8.04. The van der Waals surface area contributed by atoms with Crippen LogP contribution in [0.4, 0.5) is 19.4 Å². The molecule has 1 heterocycles. The van der Waals surface area contributed by atoms with Crippen LogP contribution in [0.15, 0.2) is 54.7 Å². The number of amides is 1. The third-order valence-corrected chi connectivity index (χ3v) is 5.10. The first-order valence-electron chi connectivity index (χ1n) is 10.1. The molecule has 9 heteroatoms. The average Bonchev–Trinajstić information content (AvgIpc) is 2.79. The zero-order chi connectivity index (χ0) is 23.1. The second-order valence-corrected chi connectivity index (χ2v) is 7.49. The van der Waals surface area contributed by atoms with Gasteiger partial charge in [0.05, 0.1) is 12.7 Å². The predicted molar refractivity (Wildman–Crippen MR) is 116 cm³/mol. The van der Waals surface area contributed by atoms with Gasteiger partial charge in [0.1, 0.15) is 12.4 Å². The highest BCUT2D eigenvalue weighted by molar-refractivity contribution is 5.89. The molecule has 0 saturated heterocycles. The quantitative estimate of drug-likeness (QED) is 0.468. The van der Waals surface area contributed by atoms with Gasteiger partial charge in [-0.3, -0.25) is 10.2 Å². The fraction of sp³-hybridized carbons (Fsp3) is 0.304. The Morgan fingerprint density at radius 1 is 1.19 bits per heavy atom. The minimum atomic E-state index is -1.06. The topological polar surface area (TPSA) is 94.9 Å². The number of aliphatic hydroxyl groups excluding tert-OH is 2. The van der Waals surface area contributed by atoms with Crippen molar-refractivity contribution in [3.8, 4) is 0 Å². The molecule has 170 valence electrons. The summed E-state index contributed by atoms with van der Waals surface area (Å²) in [6, 6.07) is 12.6. The van der Waals surface area contributed by atoms with E-state index in [1.165, 1.54) is 12.1 Å². The van der Waals surface area contributed by atoms with Crippen molar-refractivity contribution < 1.29 is 28.5 Å². The molecule has 3 N–H and O–H groups in total. The zero-order valence-electron chi connectivity index (χ0n) is 17.5. The van der Waals surface area contributed by atoms with Gasteiger partial charge in [-0.1, -0.05) is 36.4 Å². The number of nitrogens with one attached hydrogen (secondary N) is 1. The van der Waals surface area contributed by atoms with E-state index in [-0.39, 0.29) is 25.1 Å². The molecule has 7 nitrogen and oxygen atoms in total.